The lowest BCUT2D eigenvalue weighted by Gasteiger charge is -2.28. The van der Waals surface area contributed by atoms with Crippen LogP contribution in [0.15, 0.2) is 47.4 Å². The number of fused-ring (bicyclic) bond motifs is 1. The Kier molecular flexibility index (Phi) is 8.31. The van der Waals surface area contributed by atoms with Crippen molar-refractivity contribution in [3.05, 3.63) is 58.6 Å². The van der Waals surface area contributed by atoms with Crippen LogP contribution in [-0.2, 0) is 19.0 Å². The maximum atomic E-state index is 13.2. The van der Waals surface area contributed by atoms with E-state index in [4.69, 9.17) is 14.2 Å². The number of carbonyl (C=O) groups excluding carboxylic acids is 3. The minimum absolute atomic E-state index is 0.0148. The topological polar surface area (TPSA) is 82.1 Å². The van der Waals surface area contributed by atoms with Gasteiger partial charge in [-0.15, -0.1) is 0 Å². The number of carbonyl (C=O) groups is 3. The highest BCUT2D eigenvalue weighted by Crippen LogP contribution is 2.34. The summed E-state index contributed by atoms with van der Waals surface area (Å²) < 4.78 is 16.8. The Morgan fingerprint density at radius 3 is 2.33 bits per heavy atom. The first-order valence-corrected chi connectivity index (χ1v) is 11.6. The van der Waals surface area contributed by atoms with E-state index in [-0.39, 0.29) is 12.5 Å². The second-order valence-electron chi connectivity index (χ2n) is 8.46. The molecule has 7 nitrogen and oxygen atoms in total. The molecule has 1 aromatic rings. The van der Waals surface area contributed by atoms with Gasteiger partial charge in [-0.3, -0.25) is 19.3 Å². The van der Waals surface area contributed by atoms with Gasteiger partial charge in [-0.05, 0) is 50.0 Å². The molecule has 1 aliphatic carbocycles. The van der Waals surface area contributed by atoms with Gasteiger partial charge in [-0.25, -0.2) is 0 Å². The molecule has 0 radical (unpaired) electrons. The molecule has 2 atom stereocenters. The molecular weight excluding hydrogens is 422 g/mol. The Morgan fingerprint density at radius 2 is 1.76 bits per heavy atom. The normalized spacial score (nSPS) is 17.8. The number of hydrogen-bond acceptors (Lipinski definition) is 6. The van der Waals surface area contributed by atoms with E-state index in [1.165, 1.54) is 12.0 Å². The number of unbranched alkanes of at least 4 members (excludes halogenated alkanes) is 1. The fourth-order valence-electron chi connectivity index (χ4n) is 4.35. The summed E-state index contributed by atoms with van der Waals surface area (Å²) >= 11 is 0. The minimum atomic E-state index is -0.759. The second kappa shape index (κ2) is 11.2. The molecule has 3 rings (SSSR count). The van der Waals surface area contributed by atoms with Gasteiger partial charge in [-0.2, -0.15) is 0 Å². The second-order valence-corrected chi connectivity index (χ2v) is 8.46. The Bertz CT molecular complexity index is 928. The number of benzene rings is 1. The van der Waals surface area contributed by atoms with Crippen LogP contribution in [-0.4, -0.2) is 49.0 Å². The van der Waals surface area contributed by atoms with E-state index in [1.807, 2.05) is 13.0 Å². The number of nitrogens with zero attached hydrogens (tertiary/aromatic N) is 1. The van der Waals surface area contributed by atoms with Crippen molar-refractivity contribution in [3.8, 4) is 0 Å². The number of esters is 1. The molecule has 0 fully saturated rings. The lowest BCUT2D eigenvalue weighted by Crippen LogP contribution is -2.42. The van der Waals surface area contributed by atoms with Crippen LogP contribution in [0.25, 0.3) is 0 Å². The van der Waals surface area contributed by atoms with Gasteiger partial charge in [-0.1, -0.05) is 31.9 Å². The third kappa shape index (κ3) is 5.46. The predicted molar refractivity (Wildman–Crippen MR) is 123 cm³/mol. The van der Waals surface area contributed by atoms with Crippen LogP contribution in [0.4, 0.5) is 0 Å². The van der Waals surface area contributed by atoms with E-state index in [1.54, 1.807) is 31.4 Å². The van der Waals surface area contributed by atoms with Crippen molar-refractivity contribution in [3.63, 3.8) is 0 Å². The fourth-order valence-corrected chi connectivity index (χ4v) is 4.35. The summed E-state index contributed by atoms with van der Waals surface area (Å²) in [6.45, 7) is 4.15. The number of imide groups is 1. The summed E-state index contributed by atoms with van der Waals surface area (Å²) in [6.07, 6.45) is 6.76. The molecule has 0 spiro atoms. The average Bonchev–Trinajstić information content (AvgIpc) is 2.95. The van der Waals surface area contributed by atoms with Crippen molar-refractivity contribution < 1.29 is 28.6 Å². The molecule has 7 heteroatoms. The summed E-state index contributed by atoms with van der Waals surface area (Å²) in [5, 5.41) is 0. The molecule has 33 heavy (non-hydrogen) atoms. The number of ether oxygens (including phenoxy) is 3. The van der Waals surface area contributed by atoms with Gasteiger partial charge in [0.25, 0.3) is 11.8 Å². The number of rotatable bonds is 10. The highest BCUT2D eigenvalue weighted by Gasteiger charge is 2.42. The minimum Gasteiger partial charge on any atom is -0.497 e. The maximum Gasteiger partial charge on any atom is 0.307 e. The number of allylic oxidation sites excluding steroid dienone is 2. The van der Waals surface area contributed by atoms with Crippen LogP contribution in [0.2, 0.25) is 0 Å². The monoisotopic (exact) mass is 455 g/mol. The van der Waals surface area contributed by atoms with Crippen molar-refractivity contribution in [1.82, 2.24) is 4.90 Å². The van der Waals surface area contributed by atoms with E-state index in [9.17, 15) is 14.4 Å². The molecule has 2 aliphatic rings. The van der Waals surface area contributed by atoms with Gasteiger partial charge in [0.15, 0.2) is 5.76 Å². The molecule has 2 amide bonds. The van der Waals surface area contributed by atoms with Crippen molar-refractivity contribution in [1.29, 1.82) is 0 Å². The molecule has 1 aromatic carbocycles. The van der Waals surface area contributed by atoms with E-state index in [0.717, 1.165) is 37.0 Å². The summed E-state index contributed by atoms with van der Waals surface area (Å²) in [6, 6.07) is 5.97. The first kappa shape index (κ1) is 24.6. The highest BCUT2D eigenvalue weighted by molar-refractivity contribution is 6.21. The van der Waals surface area contributed by atoms with Gasteiger partial charge in [0, 0.05) is 6.42 Å². The summed E-state index contributed by atoms with van der Waals surface area (Å²) in [4.78, 5) is 39.9. The van der Waals surface area contributed by atoms with Crippen molar-refractivity contribution in [2.45, 2.75) is 70.9 Å². The van der Waals surface area contributed by atoms with E-state index < -0.39 is 23.8 Å². The van der Waals surface area contributed by atoms with Crippen molar-refractivity contribution in [2.24, 2.45) is 0 Å². The zero-order valence-electron chi connectivity index (χ0n) is 19.9. The molecule has 0 bridgehead atoms. The maximum absolute atomic E-state index is 13.2. The van der Waals surface area contributed by atoms with Gasteiger partial charge in [0.05, 0.1) is 43.9 Å². The molecule has 0 saturated heterocycles. The van der Waals surface area contributed by atoms with E-state index in [2.05, 4.69) is 6.92 Å². The zero-order valence-corrected chi connectivity index (χ0v) is 19.9. The van der Waals surface area contributed by atoms with Crippen molar-refractivity contribution >= 4 is 17.8 Å². The van der Waals surface area contributed by atoms with Crippen LogP contribution in [0.5, 0.6) is 0 Å². The summed E-state index contributed by atoms with van der Waals surface area (Å²) in [7, 11) is 2.92. The Balaban J connectivity index is 1.99. The van der Waals surface area contributed by atoms with Gasteiger partial charge in [0.1, 0.15) is 5.76 Å². The smallest absolute Gasteiger partial charge is 0.307 e. The summed E-state index contributed by atoms with van der Waals surface area (Å²) in [5.41, 5.74) is 1.48. The van der Waals surface area contributed by atoms with Crippen LogP contribution in [0.1, 0.15) is 79.5 Å². The van der Waals surface area contributed by atoms with Crippen LogP contribution >= 0.6 is 0 Å². The predicted octanol–water partition coefficient (Wildman–Crippen LogP) is 4.78. The standard InChI is InChI=1S/C26H33NO6/c1-5-6-10-17(2)33-23-15-18(11-9-14-22(23)31-3)21(16-24(28)32-4)27-25(29)19-12-7-8-13-20(19)26(27)30/h7-8,12-13,15,17,21H,5-6,9-11,14,16H2,1-4H3. The molecule has 0 saturated carbocycles. The number of methoxy groups -OCH3 is 2. The lowest BCUT2D eigenvalue weighted by atomic mass is 9.97. The SMILES string of the molecule is CCCCC(C)OC1=C(OC)CCCC(C(CC(=O)OC)N2C(=O)c3ccccc3C2=O)=C1. The van der Waals surface area contributed by atoms with E-state index >= 15 is 0 Å². The number of amides is 2. The summed E-state index contributed by atoms with van der Waals surface area (Å²) in [5.74, 6) is 0.0396. The third-order valence-corrected chi connectivity index (χ3v) is 6.15. The molecule has 1 aliphatic heterocycles. The van der Waals surface area contributed by atoms with Gasteiger partial charge < -0.3 is 14.2 Å². The highest BCUT2D eigenvalue weighted by atomic mass is 16.5. The van der Waals surface area contributed by atoms with Gasteiger partial charge in [0.2, 0.25) is 0 Å². The largest absolute Gasteiger partial charge is 0.497 e. The number of hydrogen-bond donors (Lipinski definition) is 0. The first-order valence-electron chi connectivity index (χ1n) is 11.6. The quantitative estimate of drug-likeness (QED) is 0.373. The Morgan fingerprint density at radius 1 is 1.09 bits per heavy atom. The molecule has 0 N–H and O–H groups in total. The van der Waals surface area contributed by atoms with Crippen molar-refractivity contribution in [2.75, 3.05) is 14.2 Å². The van der Waals surface area contributed by atoms with Gasteiger partial charge >= 0.3 is 5.97 Å². The van der Waals surface area contributed by atoms with Crippen LogP contribution in [0.3, 0.4) is 0 Å². The Hall–Kier alpha value is -3.09. The molecular formula is C26H33NO6. The zero-order chi connectivity index (χ0) is 24.0. The van der Waals surface area contributed by atoms with E-state index in [0.29, 0.717) is 29.7 Å². The third-order valence-electron chi connectivity index (χ3n) is 6.15. The Labute approximate surface area is 195 Å². The fraction of sp³-hybridized carbons (Fsp3) is 0.500. The van der Waals surface area contributed by atoms with Crippen LogP contribution < -0.4 is 0 Å². The molecule has 178 valence electrons. The first-order chi connectivity index (χ1) is 15.9. The average molecular weight is 456 g/mol. The molecule has 2 unspecified atom stereocenters. The molecule has 0 aromatic heterocycles. The molecule has 1 heterocycles. The van der Waals surface area contributed by atoms with Crippen LogP contribution in [0, 0.1) is 0 Å². The lowest BCUT2D eigenvalue weighted by molar-refractivity contribution is -0.141.